The topological polar surface area (TPSA) is 60.7 Å². The van der Waals surface area contributed by atoms with Crippen LogP contribution in [0.3, 0.4) is 0 Å². The Hall–Kier alpha value is -2.47. The van der Waals surface area contributed by atoms with Crippen molar-refractivity contribution in [2.24, 2.45) is 0 Å². The number of nitrogens with zero attached hydrogens (tertiary/aromatic N) is 4. The summed E-state index contributed by atoms with van der Waals surface area (Å²) in [6, 6.07) is 14.1. The van der Waals surface area contributed by atoms with Crippen LogP contribution in [0.5, 0.6) is 0 Å². The van der Waals surface area contributed by atoms with Gasteiger partial charge in [-0.3, -0.25) is 14.3 Å². The van der Waals surface area contributed by atoms with Gasteiger partial charge in [-0.05, 0) is 30.5 Å². The van der Waals surface area contributed by atoms with Crippen LogP contribution in [0, 0.1) is 0 Å². The number of aromatic nitrogens is 4. The molecule has 6 heteroatoms. The second kappa shape index (κ2) is 7.83. The molecule has 0 amide bonds. The summed E-state index contributed by atoms with van der Waals surface area (Å²) in [7, 11) is 0. The van der Waals surface area contributed by atoms with Crippen molar-refractivity contribution in [3.05, 3.63) is 60.4 Å². The third-order valence-corrected chi connectivity index (χ3v) is 5.88. The van der Waals surface area contributed by atoms with Crippen LogP contribution in [0.15, 0.2) is 60.0 Å². The summed E-state index contributed by atoms with van der Waals surface area (Å²) in [5.74, 6) is 1.14. The Morgan fingerprint density at radius 2 is 1.85 bits per heavy atom. The minimum Gasteiger partial charge on any atom is -0.298 e. The number of rotatable bonds is 5. The smallest absolute Gasteiger partial charge is 0.192 e. The number of benzene rings is 1. The fourth-order valence-electron chi connectivity index (χ4n) is 3.20. The van der Waals surface area contributed by atoms with Crippen LogP contribution < -0.4 is 0 Å². The Balaban J connectivity index is 1.69. The van der Waals surface area contributed by atoms with Gasteiger partial charge in [-0.25, -0.2) is 0 Å². The maximum atomic E-state index is 12.3. The van der Waals surface area contributed by atoms with E-state index in [1.807, 2.05) is 30.3 Å². The normalized spacial score (nSPS) is 17.4. The van der Waals surface area contributed by atoms with Crippen LogP contribution in [0.25, 0.3) is 11.4 Å². The number of carbonyl (C=O) groups excluding carboxylic acids is 1. The van der Waals surface area contributed by atoms with Crippen LogP contribution >= 0.6 is 11.8 Å². The van der Waals surface area contributed by atoms with E-state index in [0.717, 1.165) is 35.8 Å². The molecule has 26 heavy (non-hydrogen) atoms. The summed E-state index contributed by atoms with van der Waals surface area (Å²) in [4.78, 5) is 16.3. The first-order chi connectivity index (χ1) is 12.8. The van der Waals surface area contributed by atoms with Crippen LogP contribution in [0.4, 0.5) is 0 Å². The van der Waals surface area contributed by atoms with Crippen molar-refractivity contribution in [3.63, 3.8) is 0 Å². The molecular weight excluding hydrogens is 344 g/mol. The van der Waals surface area contributed by atoms with Crippen molar-refractivity contribution in [2.75, 3.05) is 0 Å². The van der Waals surface area contributed by atoms with Gasteiger partial charge in [0.1, 0.15) is 5.78 Å². The Bertz CT molecular complexity index is 879. The zero-order chi connectivity index (χ0) is 17.8. The van der Waals surface area contributed by atoms with E-state index in [1.165, 1.54) is 5.56 Å². The van der Waals surface area contributed by atoms with E-state index in [0.29, 0.717) is 18.7 Å². The SMILES string of the molecule is O=C1CCCCC1Sc1nnc(-c2ccncc2)n1Cc1ccccc1. The summed E-state index contributed by atoms with van der Waals surface area (Å²) >= 11 is 1.56. The molecule has 0 saturated heterocycles. The van der Waals surface area contributed by atoms with Gasteiger partial charge in [0.2, 0.25) is 0 Å². The number of hydrogen-bond donors (Lipinski definition) is 0. The molecule has 5 nitrogen and oxygen atoms in total. The van der Waals surface area contributed by atoms with Crippen LogP contribution in [-0.2, 0) is 11.3 Å². The van der Waals surface area contributed by atoms with E-state index >= 15 is 0 Å². The number of pyridine rings is 1. The number of thioether (sulfide) groups is 1. The molecule has 1 fully saturated rings. The molecule has 1 aliphatic carbocycles. The number of carbonyl (C=O) groups is 1. The largest absolute Gasteiger partial charge is 0.298 e. The highest BCUT2D eigenvalue weighted by molar-refractivity contribution is 8.00. The van der Waals surface area contributed by atoms with E-state index in [-0.39, 0.29) is 5.25 Å². The first-order valence-corrected chi connectivity index (χ1v) is 9.76. The van der Waals surface area contributed by atoms with Crippen molar-refractivity contribution in [2.45, 2.75) is 42.6 Å². The van der Waals surface area contributed by atoms with Crippen LogP contribution in [0.2, 0.25) is 0 Å². The maximum absolute atomic E-state index is 12.3. The molecule has 1 aliphatic rings. The van der Waals surface area contributed by atoms with Gasteiger partial charge in [-0.2, -0.15) is 0 Å². The van der Waals surface area contributed by atoms with Crippen molar-refractivity contribution in [1.82, 2.24) is 19.7 Å². The molecule has 0 aliphatic heterocycles. The summed E-state index contributed by atoms with van der Waals surface area (Å²) in [5, 5.41) is 9.65. The predicted molar refractivity (Wildman–Crippen MR) is 102 cm³/mol. The molecule has 0 N–H and O–H groups in total. The second-order valence-corrected chi connectivity index (χ2v) is 7.60. The van der Waals surface area contributed by atoms with Gasteiger partial charge < -0.3 is 0 Å². The second-order valence-electron chi connectivity index (χ2n) is 6.43. The average Bonchev–Trinajstić information content (AvgIpc) is 3.07. The Kier molecular flexibility index (Phi) is 5.11. The summed E-state index contributed by atoms with van der Waals surface area (Å²) in [6.07, 6.45) is 7.24. The van der Waals surface area contributed by atoms with Gasteiger partial charge in [0, 0.05) is 24.4 Å². The summed E-state index contributed by atoms with van der Waals surface area (Å²) < 4.78 is 2.11. The molecule has 0 radical (unpaired) electrons. The number of Topliss-reactive ketones (excluding diaryl/α,β-unsaturated/α-hetero) is 1. The van der Waals surface area contributed by atoms with E-state index in [9.17, 15) is 4.79 Å². The third-order valence-electron chi connectivity index (χ3n) is 4.59. The third kappa shape index (κ3) is 3.70. The van der Waals surface area contributed by atoms with Crippen molar-refractivity contribution in [1.29, 1.82) is 0 Å². The molecule has 132 valence electrons. The Morgan fingerprint density at radius 3 is 2.62 bits per heavy atom. The van der Waals surface area contributed by atoms with Crippen LogP contribution in [0.1, 0.15) is 31.2 Å². The van der Waals surface area contributed by atoms with Gasteiger partial charge in [-0.15, -0.1) is 10.2 Å². The highest BCUT2D eigenvalue weighted by Crippen LogP contribution is 2.33. The lowest BCUT2D eigenvalue weighted by molar-refractivity contribution is -0.119. The molecule has 1 aromatic carbocycles. The van der Waals surface area contributed by atoms with Gasteiger partial charge in [-0.1, -0.05) is 48.5 Å². The molecule has 4 rings (SSSR count). The van der Waals surface area contributed by atoms with Crippen molar-refractivity contribution >= 4 is 17.5 Å². The predicted octanol–water partition coefficient (Wildman–Crippen LogP) is 3.99. The lowest BCUT2D eigenvalue weighted by atomic mass is 9.99. The van der Waals surface area contributed by atoms with E-state index < -0.39 is 0 Å². The molecule has 2 heterocycles. The van der Waals surface area contributed by atoms with Gasteiger partial charge in [0.15, 0.2) is 11.0 Å². The fourth-order valence-corrected chi connectivity index (χ4v) is 4.36. The zero-order valence-corrected chi connectivity index (χ0v) is 15.2. The summed E-state index contributed by atoms with van der Waals surface area (Å²) in [5.41, 5.74) is 2.16. The molecule has 1 unspecified atom stereocenters. The minimum absolute atomic E-state index is 0.00670. The molecule has 0 bridgehead atoms. The summed E-state index contributed by atoms with van der Waals surface area (Å²) in [6.45, 7) is 0.675. The highest BCUT2D eigenvalue weighted by atomic mass is 32.2. The molecule has 2 aromatic heterocycles. The van der Waals surface area contributed by atoms with E-state index in [4.69, 9.17) is 0 Å². The molecule has 3 aromatic rings. The number of ketones is 1. The van der Waals surface area contributed by atoms with Gasteiger partial charge in [0.05, 0.1) is 11.8 Å². The Morgan fingerprint density at radius 1 is 1.04 bits per heavy atom. The maximum Gasteiger partial charge on any atom is 0.192 e. The lowest BCUT2D eigenvalue weighted by Crippen LogP contribution is -2.22. The minimum atomic E-state index is -0.00670. The average molecular weight is 364 g/mol. The highest BCUT2D eigenvalue weighted by Gasteiger charge is 2.26. The fraction of sp³-hybridized carbons (Fsp3) is 0.300. The first-order valence-electron chi connectivity index (χ1n) is 8.88. The lowest BCUT2D eigenvalue weighted by Gasteiger charge is -2.20. The quantitative estimate of drug-likeness (QED) is 0.685. The van der Waals surface area contributed by atoms with E-state index in [2.05, 4.69) is 31.9 Å². The van der Waals surface area contributed by atoms with Crippen molar-refractivity contribution in [3.8, 4) is 11.4 Å². The first kappa shape index (κ1) is 17.0. The molecule has 1 atom stereocenters. The van der Waals surface area contributed by atoms with Crippen molar-refractivity contribution < 1.29 is 4.79 Å². The van der Waals surface area contributed by atoms with Gasteiger partial charge in [0.25, 0.3) is 0 Å². The molecular formula is C20H20N4OS. The Labute approximate surface area is 156 Å². The molecule has 0 spiro atoms. The monoisotopic (exact) mass is 364 g/mol. The zero-order valence-electron chi connectivity index (χ0n) is 14.4. The molecule has 1 saturated carbocycles. The number of hydrogen-bond acceptors (Lipinski definition) is 5. The van der Waals surface area contributed by atoms with E-state index in [1.54, 1.807) is 24.2 Å². The van der Waals surface area contributed by atoms with Gasteiger partial charge >= 0.3 is 0 Å². The standard InChI is InChI=1S/C20H20N4OS/c25-17-8-4-5-9-18(17)26-20-23-22-19(16-10-12-21-13-11-16)24(20)14-15-6-2-1-3-7-15/h1-3,6-7,10-13,18H,4-5,8-9,14H2. The van der Waals surface area contributed by atoms with Crippen LogP contribution in [-0.4, -0.2) is 30.8 Å².